The third-order valence-electron chi connectivity index (χ3n) is 9.36. The molecule has 0 aliphatic carbocycles. The number of aryl methyl sites for hydroxylation is 2. The van der Waals surface area contributed by atoms with Gasteiger partial charge in [0, 0.05) is 25.8 Å². The molecule has 4 amide bonds. The molecule has 1 fully saturated rings. The molecule has 5 atom stereocenters. The number of likely N-dealkylation sites (tertiary alicyclic amines) is 1. The largest absolute Gasteiger partial charge is 0.492 e. The first-order valence-electron chi connectivity index (χ1n) is 17.8. The third kappa shape index (κ3) is 11.0. The summed E-state index contributed by atoms with van der Waals surface area (Å²) >= 11 is 8.21. The van der Waals surface area contributed by atoms with Gasteiger partial charge in [-0.2, -0.15) is 0 Å². The van der Waals surface area contributed by atoms with Crippen LogP contribution in [0.5, 0.6) is 5.75 Å². The van der Waals surface area contributed by atoms with Crippen molar-refractivity contribution in [2.75, 3.05) is 13.2 Å². The van der Waals surface area contributed by atoms with Crippen molar-refractivity contribution < 1.29 is 29.0 Å². The van der Waals surface area contributed by atoms with Crippen LogP contribution in [0.2, 0.25) is 5.02 Å². The van der Waals surface area contributed by atoms with E-state index in [4.69, 9.17) is 22.1 Å². The minimum Gasteiger partial charge on any atom is -0.492 e. The second-order valence-electron chi connectivity index (χ2n) is 14.9. The van der Waals surface area contributed by atoms with Crippen LogP contribution in [-0.2, 0) is 25.6 Å². The predicted molar refractivity (Wildman–Crippen MR) is 204 cm³/mol. The molecule has 2 heterocycles. The number of aliphatic hydroxyl groups is 1. The number of hydrogen-bond donors (Lipinski definition) is 4. The van der Waals surface area contributed by atoms with Gasteiger partial charge >= 0.3 is 0 Å². The number of primary amides is 1. The van der Waals surface area contributed by atoms with E-state index in [-0.39, 0.29) is 49.1 Å². The zero-order chi connectivity index (χ0) is 38.2. The van der Waals surface area contributed by atoms with Gasteiger partial charge in [0.2, 0.25) is 23.6 Å². The first kappa shape index (κ1) is 40.8. The standard InChI is InChI=1S/C39H52ClN5O6S/c1-23(13-18-32(41)47)21-51-31-11-7-9-27(34(31)40)10-8-12-33(48)44-36(39(4,5)6)38(50)45-20-29(46)19-30(45)37(49)43-24(2)26-14-16-28(17-15-26)35-25(3)42-22-52-35/h7,9,11,14-17,22-24,29-30,36,46H,8,10,12-13,18-21H2,1-6H3,(H2,41,47)(H,43,49)(H,44,48)/t23-,24-,29-,30-,36+/m0/s1. The van der Waals surface area contributed by atoms with Gasteiger partial charge in [0.05, 0.1) is 39.9 Å². The van der Waals surface area contributed by atoms with Crippen molar-refractivity contribution in [2.24, 2.45) is 17.1 Å². The molecule has 3 aromatic rings. The number of rotatable bonds is 16. The second kappa shape index (κ2) is 18.2. The van der Waals surface area contributed by atoms with E-state index in [0.29, 0.717) is 43.1 Å². The van der Waals surface area contributed by atoms with Crippen molar-refractivity contribution in [3.8, 4) is 16.2 Å². The Hall–Kier alpha value is -4.00. The maximum atomic E-state index is 14.0. The monoisotopic (exact) mass is 753 g/mol. The van der Waals surface area contributed by atoms with Gasteiger partial charge in [0.15, 0.2) is 0 Å². The van der Waals surface area contributed by atoms with Crippen molar-refractivity contribution in [3.05, 3.63) is 69.8 Å². The molecule has 2 aromatic carbocycles. The SMILES string of the molecule is Cc1ncsc1-c1ccc([C@H](C)NC(=O)[C@@H]2C[C@H](O)CN2C(=O)[C@@H](NC(=O)CCCc2cccc(OC[C@@H](C)CCC(N)=O)c2Cl)C(C)(C)C)cc1. The topological polar surface area (TPSA) is 164 Å². The lowest BCUT2D eigenvalue weighted by molar-refractivity contribution is -0.144. The molecule has 11 nitrogen and oxygen atoms in total. The maximum absolute atomic E-state index is 14.0. The van der Waals surface area contributed by atoms with E-state index in [1.54, 1.807) is 17.4 Å². The normalized spacial score (nSPS) is 17.7. The Morgan fingerprint density at radius 1 is 1.10 bits per heavy atom. The highest BCUT2D eigenvalue weighted by Gasteiger charge is 2.44. The van der Waals surface area contributed by atoms with Crippen molar-refractivity contribution in [1.29, 1.82) is 0 Å². The van der Waals surface area contributed by atoms with Crippen LogP contribution in [0.3, 0.4) is 0 Å². The first-order chi connectivity index (χ1) is 24.5. The number of benzene rings is 2. The molecule has 13 heteroatoms. The molecule has 0 saturated carbocycles. The highest BCUT2D eigenvalue weighted by atomic mass is 35.5. The molecule has 1 aliphatic heterocycles. The number of halogens is 1. The number of β-amino-alcohol motifs (C(OH)–C–C–N with tert-alkyl or cyclic N) is 1. The number of carbonyl (C=O) groups is 4. The Bertz CT molecular complexity index is 1710. The van der Waals surface area contributed by atoms with Crippen LogP contribution in [0.4, 0.5) is 0 Å². The molecule has 0 spiro atoms. The smallest absolute Gasteiger partial charge is 0.246 e. The molecular formula is C39H52ClN5O6S. The van der Waals surface area contributed by atoms with Crippen LogP contribution < -0.4 is 21.1 Å². The Balaban J connectivity index is 1.34. The summed E-state index contributed by atoms with van der Waals surface area (Å²) in [5.41, 5.74) is 10.1. The van der Waals surface area contributed by atoms with Gasteiger partial charge < -0.3 is 31.1 Å². The summed E-state index contributed by atoms with van der Waals surface area (Å²) in [4.78, 5) is 58.8. The summed E-state index contributed by atoms with van der Waals surface area (Å²) in [6, 6.07) is 11.3. The van der Waals surface area contributed by atoms with E-state index in [2.05, 4.69) is 15.6 Å². The van der Waals surface area contributed by atoms with Crippen LogP contribution in [0.1, 0.15) is 89.6 Å². The van der Waals surface area contributed by atoms with Crippen LogP contribution in [0, 0.1) is 18.3 Å². The Kier molecular flexibility index (Phi) is 14.2. The summed E-state index contributed by atoms with van der Waals surface area (Å²) in [5, 5.41) is 17.0. The summed E-state index contributed by atoms with van der Waals surface area (Å²) in [5.74, 6) is -0.759. The van der Waals surface area contributed by atoms with E-state index < -0.39 is 29.5 Å². The molecular weight excluding hydrogens is 702 g/mol. The number of amides is 4. The molecule has 5 N–H and O–H groups in total. The molecule has 52 heavy (non-hydrogen) atoms. The fraction of sp³-hybridized carbons (Fsp3) is 0.513. The molecule has 282 valence electrons. The third-order valence-corrected chi connectivity index (χ3v) is 10.8. The number of nitrogens with zero attached hydrogens (tertiary/aromatic N) is 2. The van der Waals surface area contributed by atoms with Gasteiger partial charge in [-0.15, -0.1) is 11.3 Å². The Labute approximate surface area is 315 Å². The van der Waals surface area contributed by atoms with Crippen molar-refractivity contribution in [2.45, 2.75) is 104 Å². The van der Waals surface area contributed by atoms with Gasteiger partial charge in [-0.25, -0.2) is 4.98 Å². The lowest BCUT2D eigenvalue weighted by Gasteiger charge is -2.35. The molecule has 4 rings (SSSR count). The highest BCUT2D eigenvalue weighted by molar-refractivity contribution is 7.13. The van der Waals surface area contributed by atoms with E-state index >= 15 is 0 Å². The summed E-state index contributed by atoms with van der Waals surface area (Å²) in [6.07, 6.45) is 1.30. The van der Waals surface area contributed by atoms with Gasteiger partial charge in [0.1, 0.15) is 17.8 Å². The zero-order valence-electron chi connectivity index (χ0n) is 30.9. The van der Waals surface area contributed by atoms with Gasteiger partial charge in [-0.05, 0) is 67.2 Å². The summed E-state index contributed by atoms with van der Waals surface area (Å²) < 4.78 is 5.91. The van der Waals surface area contributed by atoms with Crippen LogP contribution in [0.25, 0.3) is 10.4 Å². The van der Waals surface area contributed by atoms with E-state index in [9.17, 15) is 24.3 Å². The maximum Gasteiger partial charge on any atom is 0.246 e. The molecule has 1 aromatic heterocycles. The molecule has 0 unspecified atom stereocenters. The fourth-order valence-electron chi connectivity index (χ4n) is 6.25. The first-order valence-corrected chi connectivity index (χ1v) is 19.1. The van der Waals surface area contributed by atoms with Crippen LogP contribution >= 0.6 is 22.9 Å². The predicted octanol–water partition coefficient (Wildman–Crippen LogP) is 5.75. The molecule has 0 bridgehead atoms. The van der Waals surface area contributed by atoms with Gasteiger partial charge in [-0.1, -0.05) is 75.7 Å². The number of carbonyl (C=O) groups excluding carboxylic acids is 4. The molecule has 0 radical (unpaired) electrons. The lowest BCUT2D eigenvalue weighted by atomic mass is 9.85. The number of nitrogens with one attached hydrogen (secondary N) is 2. The number of nitrogens with two attached hydrogens (primary N) is 1. The lowest BCUT2D eigenvalue weighted by Crippen LogP contribution is -2.57. The second-order valence-corrected chi connectivity index (χ2v) is 16.1. The quantitative estimate of drug-likeness (QED) is 0.145. The Morgan fingerprint density at radius 3 is 2.44 bits per heavy atom. The van der Waals surface area contributed by atoms with Crippen LogP contribution in [0.15, 0.2) is 48.0 Å². The number of hydrogen-bond acceptors (Lipinski definition) is 8. The number of aliphatic hydroxyl groups excluding tert-OH is 1. The number of ether oxygens (including phenoxy) is 1. The zero-order valence-corrected chi connectivity index (χ0v) is 32.5. The van der Waals surface area contributed by atoms with Crippen molar-refractivity contribution in [3.63, 3.8) is 0 Å². The summed E-state index contributed by atoms with van der Waals surface area (Å²) in [6.45, 7) is 11.8. The average molecular weight is 754 g/mol. The van der Waals surface area contributed by atoms with Gasteiger partial charge in [-0.3, -0.25) is 19.2 Å². The van der Waals surface area contributed by atoms with Crippen molar-refractivity contribution >= 4 is 46.6 Å². The van der Waals surface area contributed by atoms with E-state index in [1.165, 1.54) is 4.90 Å². The minimum atomic E-state index is -0.919. The Morgan fingerprint density at radius 2 is 1.81 bits per heavy atom. The number of aromatic nitrogens is 1. The van der Waals surface area contributed by atoms with Gasteiger partial charge in [0.25, 0.3) is 0 Å². The van der Waals surface area contributed by atoms with Crippen LogP contribution in [-0.4, -0.2) is 70.0 Å². The summed E-state index contributed by atoms with van der Waals surface area (Å²) in [7, 11) is 0. The average Bonchev–Trinajstić information content (AvgIpc) is 3.70. The molecule has 1 saturated heterocycles. The highest BCUT2D eigenvalue weighted by Crippen LogP contribution is 2.31. The van der Waals surface area contributed by atoms with Crippen molar-refractivity contribution in [1.82, 2.24) is 20.5 Å². The minimum absolute atomic E-state index is 0.00250. The fourth-order valence-corrected chi connectivity index (χ4v) is 7.34. The van der Waals surface area contributed by atoms with E-state index in [1.807, 2.05) is 83.5 Å². The molecule has 1 aliphatic rings. The van der Waals surface area contributed by atoms with E-state index in [0.717, 1.165) is 27.3 Å². The number of thiazole rings is 1.